The van der Waals surface area contributed by atoms with E-state index in [1.54, 1.807) is 0 Å². The molecule has 1 heterocycles. The van der Waals surface area contributed by atoms with Gasteiger partial charge >= 0.3 is 0 Å². The Hall–Kier alpha value is -0.0800. The number of hydrogen-bond acceptors (Lipinski definition) is 2. The lowest BCUT2D eigenvalue weighted by Crippen LogP contribution is -2.36. The van der Waals surface area contributed by atoms with Crippen molar-refractivity contribution >= 4 is 0 Å². The average molecular weight is 212 g/mol. The molecule has 1 aliphatic heterocycles. The van der Waals surface area contributed by atoms with Crippen LogP contribution >= 0.6 is 0 Å². The van der Waals surface area contributed by atoms with E-state index in [2.05, 4.69) is 6.92 Å². The summed E-state index contributed by atoms with van der Waals surface area (Å²) in [5.74, 6) is 0.848. The maximum absolute atomic E-state index is 5.96. The summed E-state index contributed by atoms with van der Waals surface area (Å²) < 4.78 is 11.6. The van der Waals surface area contributed by atoms with Gasteiger partial charge in [-0.25, -0.2) is 0 Å². The number of rotatable bonds is 3. The molecule has 88 valence electrons. The molecule has 0 N–H and O–H groups in total. The smallest absolute Gasteiger partial charge is 0.0809 e. The van der Waals surface area contributed by atoms with Gasteiger partial charge in [0.05, 0.1) is 18.8 Å². The Kier molecular flexibility index (Phi) is 4.45. The second-order valence-electron chi connectivity index (χ2n) is 4.92. The van der Waals surface area contributed by atoms with Crippen molar-refractivity contribution in [1.82, 2.24) is 0 Å². The zero-order chi connectivity index (χ0) is 10.5. The molecule has 2 fully saturated rings. The van der Waals surface area contributed by atoms with E-state index in [-0.39, 0.29) is 0 Å². The van der Waals surface area contributed by atoms with Gasteiger partial charge in [-0.15, -0.1) is 0 Å². The van der Waals surface area contributed by atoms with E-state index in [0.717, 1.165) is 19.1 Å². The van der Waals surface area contributed by atoms with Gasteiger partial charge in [-0.05, 0) is 38.5 Å². The van der Waals surface area contributed by atoms with Crippen LogP contribution in [0, 0.1) is 5.92 Å². The fraction of sp³-hybridized carbons (Fsp3) is 1.00. The molecule has 1 saturated heterocycles. The summed E-state index contributed by atoms with van der Waals surface area (Å²) >= 11 is 0. The van der Waals surface area contributed by atoms with Crippen molar-refractivity contribution in [3.8, 4) is 0 Å². The van der Waals surface area contributed by atoms with Crippen molar-refractivity contribution < 1.29 is 9.47 Å². The molecule has 0 radical (unpaired) electrons. The van der Waals surface area contributed by atoms with Crippen LogP contribution in [0.3, 0.4) is 0 Å². The first kappa shape index (κ1) is 11.4. The van der Waals surface area contributed by atoms with Crippen LogP contribution in [0.1, 0.15) is 51.9 Å². The molecular formula is C13H24O2. The van der Waals surface area contributed by atoms with E-state index in [1.165, 1.54) is 44.9 Å². The van der Waals surface area contributed by atoms with Gasteiger partial charge in [-0.2, -0.15) is 0 Å². The first-order valence-electron chi connectivity index (χ1n) is 6.63. The average Bonchev–Trinajstić information content (AvgIpc) is 2.32. The van der Waals surface area contributed by atoms with Crippen LogP contribution in [-0.2, 0) is 9.47 Å². The van der Waals surface area contributed by atoms with Gasteiger partial charge < -0.3 is 9.47 Å². The zero-order valence-corrected chi connectivity index (χ0v) is 9.91. The van der Waals surface area contributed by atoms with Gasteiger partial charge in [0.15, 0.2) is 0 Å². The highest BCUT2D eigenvalue weighted by molar-refractivity contribution is 4.79. The molecule has 2 heteroatoms. The summed E-state index contributed by atoms with van der Waals surface area (Å²) in [6.45, 7) is 3.71. The van der Waals surface area contributed by atoms with Crippen molar-refractivity contribution in [2.24, 2.45) is 5.92 Å². The molecule has 1 aliphatic carbocycles. The molecule has 0 aromatic rings. The summed E-state index contributed by atoms with van der Waals surface area (Å²) in [5.41, 5.74) is 0. The Labute approximate surface area is 93.3 Å². The van der Waals surface area contributed by atoms with Crippen LogP contribution in [0.5, 0.6) is 0 Å². The topological polar surface area (TPSA) is 18.5 Å². The lowest BCUT2D eigenvalue weighted by atomic mass is 9.82. The minimum absolute atomic E-state index is 0.370. The second-order valence-corrected chi connectivity index (χ2v) is 4.92. The third kappa shape index (κ3) is 3.18. The molecule has 2 unspecified atom stereocenters. The normalized spacial score (nSPS) is 34.2. The fourth-order valence-corrected chi connectivity index (χ4v) is 2.99. The molecule has 2 rings (SSSR count). The molecule has 2 nitrogen and oxygen atoms in total. The van der Waals surface area contributed by atoms with Crippen molar-refractivity contribution in [3.63, 3.8) is 0 Å². The lowest BCUT2D eigenvalue weighted by molar-refractivity contribution is -0.104. The molecule has 0 amide bonds. The maximum atomic E-state index is 5.96. The van der Waals surface area contributed by atoms with Crippen LogP contribution in [0.25, 0.3) is 0 Å². The van der Waals surface area contributed by atoms with Gasteiger partial charge in [0.2, 0.25) is 0 Å². The summed E-state index contributed by atoms with van der Waals surface area (Å²) in [4.78, 5) is 0. The molecular weight excluding hydrogens is 188 g/mol. The van der Waals surface area contributed by atoms with Gasteiger partial charge in [0, 0.05) is 6.61 Å². The largest absolute Gasteiger partial charge is 0.376 e. The number of ether oxygens (including phenoxy) is 2. The van der Waals surface area contributed by atoms with E-state index in [0.29, 0.717) is 12.2 Å². The highest BCUT2D eigenvalue weighted by Gasteiger charge is 2.29. The van der Waals surface area contributed by atoms with E-state index in [4.69, 9.17) is 9.47 Å². The Morgan fingerprint density at radius 2 is 1.87 bits per heavy atom. The number of hydrogen-bond donors (Lipinski definition) is 0. The SMILES string of the molecule is CCOC1CCC(C2CCCCC2)OC1. The van der Waals surface area contributed by atoms with Crippen molar-refractivity contribution in [2.75, 3.05) is 13.2 Å². The van der Waals surface area contributed by atoms with E-state index in [9.17, 15) is 0 Å². The quantitative estimate of drug-likeness (QED) is 0.715. The molecule has 0 aromatic heterocycles. The van der Waals surface area contributed by atoms with Crippen LogP contribution < -0.4 is 0 Å². The molecule has 2 aliphatic rings. The Morgan fingerprint density at radius 1 is 1.07 bits per heavy atom. The third-order valence-electron chi connectivity index (χ3n) is 3.85. The van der Waals surface area contributed by atoms with Crippen LogP contribution in [0.15, 0.2) is 0 Å². The molecule has 1 saturated carbocycles. The highest BCUT2D eigenvalue weighted by Crippen LogP contribution is 2.32. The predicted molar refractivity (Wildman–Crippen MR) is 61.0 cm³/mol. The lowest BCUT2D eigenvalue weighted by Gasteiger charge is -2.35. The van der Waals surface area contributed by atoms with Gasteiger partial charge in [0.1, 0.15) is 0 Å². The van der Waals surface area contributed by atoms with Crippen molar-refractivity contribution in [3.05, 3.63) is 0 Å². The molecule has 15 heavy (non-hydrogen) atoms. The van der Waals surface area contributed by atoms with Crippen LogP contribution in [0.4, 0.5) is 0 Å². The van der Waals surface area contributed by atoms with Crippen LogP contribution in [0.2, 0.25) is 0 Å². The van der Waals surface area contributed by atoms with Gasteiger partial charge in [0.25, 0.3) is 0 Å². The first-order chi connectivity index (χ1) is 7.40. The minimum atomic E-state index is 0.370. The third-order valence-corrected chi connectivity index (χ3v) is 3.85. The summed E-state index contributed by atoms with van der Waals surface area (Å²) in [5, 5.41) is 0. The fourth-order valence-electron chi connectivity index (χ4n) is 2.99. The summed E-state index contributed by atoms with van der Waals surface area (Å²) in [6, 6.07) is 0. The van der Waals surface area contributed by atoms with Crippen LogP contribution in [-0.4, -0.2) is 25.4 Å². The molecule has 2 atom stereocenters. The second kappa shape index (κ2) is 5.86. The zero-order valence-electron chi connectivity index (χ0n) is 9.91. The highest BCUT2D eigenvalue weighted by atomic mass is 16.5. The Balaban J connectivity index is 1.72. The van der Waals surface area contributed by atoms with Crippen molar-refractivity contribution in [1.29, 1.82) is 0 Å². The monoisotopic (exact) mass is 212 g/mol. The Morgan fingerprint density at radius 3 is 2.47 bits per heavy atom. The maximum Gasteiger partial charge on any atom is 0.0809 e. The van der Waals surface area contributed by atoms with E-state index in [1.807, 2.05) is 0 Å². The summed E-state index contributed by atoms with van der Waals surface area (Å²) in [6.07, 6.45) is 10.4. The summed E-state index contributed by atoms with van der Waals surface area (Å²) in [7, 11) is 0. The first-order valence-corrected chi connectivity index (χ1v) is 6.63. The molecule has 0 bridgehead atoms. The van der Waals surface area contributed by atoms with E-state index >= 15 is 0 Å². The van der Waals surface area contributed by atoms with Crippen molar-refractivity contribution in [2.45, 2.75) is 64.1 Å². The predicted octanol–water partition coefficient (Wildman–Crippen LogP) is 3.15. The molecule has 0 spiro atoms. The Bertz CT molecular complexity index is 167. The van der Waals surface area contributed by atoms with Gasteiger partial charge in [-0.1, -0.05) is 19.3 Å². The molecule has 0 aromatic carbocycles. The van der Waals surface area contributed by atoms with E-state index < -0.39 is 0 Å². The standard InChI is InChI=1S/C13H24O2/c1-2-14-12-8-9-13(15-10-12)11-6-4-3-5-7-11/h11-13H,2-10H2,1H3. The minimum Gasteiger partial charge on any atom is -0.376 e. The van der Waals surface area contributed by atoms with Gasteiger partial charge in [-0.3, -0.25) is 0 Å².